The Hall–Kier alpha value is -2.24. The Bertz CT molecular complexity index is 533. The Morgan fingerprint density at radius 1 is 1.32 bits per heavy atom. The minimum Gasteiger partial charge on any atom is -0.484 e. The van der Waals surface area contributed by atoms with Crippen LogP contribution in [0.4, 0.5) is 4.79 Å². The van der Waals surface area contributed by atoms with E-state index < -0.39 is 0 Å². The van der Waals surface area contributed by atoms with Crippen molar-refractivity contribution in [2.75, 3.05) is 20.2 Å². The van der Waals surface area contributed by atoms with Crippen LogP contribution in [0.5, 0.6) is 5.75 Å². The molecule has 0 unspecified atom stereocenters. The predicted molar refractivity (Wildman–Crippen MR) is 83.5 cm³/mol. The molecule has 1 aliphatic rings. The number of carbonyl (C=O) groups is 2. The zero-order valence-corrected chi connectivity index (χ0v) is 13.0. The van der Waals surface area contributed by atoms with Gasteiger partial charge in [0.15, 0.2) is 6.61 Å². The molecule has 6 nitrogen and oxygen atoms in total. The number of hydrogen-bond acceptors (Lipinski definition) is 3. The third kappa shape index (κ3) is 5.27. The summed E-state index contributed by atoms with van der Waals surface area (Å²) in [5.74, 6) is 1.79. The third-order valence-corrected chi connectivity index (χ3v) is 3.80. The van der Waals surface area contributed by atoms with Gasteiger partial charge in [-0.25, -0.2) is 4.79 Å². The van der Waals surface area contributed by atoms with Gasteiger partial charge in [-0.1, -0.05) is 19.1 Å². The lowest BCUT2D eigenvalue weighted by molar-refractivity contribution is -0.122. The first kappa shape index (κ1) is 16.1. The summed E-state index contributed by atoms with van der Waals surface area (Å²) in [5, 5.41) is 8.18. The van der Waals surface area contributed by atoms with E-state index in [1.165, 1.54) is 6.42 Å². The Morgan fingerprint density at radius 3 is 2.77 bits per heavy atom. The lowest BCUT2D eigenvalue weighted by atomic mass is 10.2. The summed E-state index contributed by atoms with van der Waals surface area (Å²) < 4.78 is 5.36. The lowest BCUT2D eigenvalue weighted by Crippen LogP contribution is -2.36. The minimum atomic E-state index is -0.183. The first-order chi connectivity index (χ1) is 10.6. The minimum absolute atomic E-state index is 0.0204. The lowest BCUT2D eigenvalue weighted by Gasteiger charge is -2.09. The van der Waals surface area contributed by atoms with E-state index in [1.807, 2.05) is 18.2 Å². The van der Waals surface area contributed by atoms with Gasteiger partial charge in [-0.05, 0) is 36.0 Å². The van der Waals surface area contributed by atoms with Crippen LogP contribution in [0.25, 0.3) is 0 Å². The average Bonchev–Trinajstić information content (AvgIpc) is 3.24. The molecule has 0 heterocycles. The van der Waals surface area contributed by atoms with E-state index in [2.05, 4.69) is 22.9 Å². The highest BCUT2D eigenvalue weighted by molar-refractivity contribution is 5.77. The number of benzene rings is 1. The monoisotopic (exact) mass is 305 g/mol. The fraction of sp³-hybridized carbons (Fsp3) is 0.500. The van der Waals surface area contributed by atoms with Gasteiger partial charge in [0.05, 0.1) is 0 Å². The zero-order valence-electron chi connectivity index (χ0n) is 13.0. The number of carbonyl (C=O) groups excluding carboxylic acids is 2. The smallest absolute Gasteiger partial charge is 0.315 e. The molecule has 0 spiro atoms. The summed E-state index contributed by atoms with van der Waals surface area (Å²) in [4.78, 5) is 22.8. The van der Waals surface area contributed by atoms with Crippen molar-refractivity contribution >= 4 is 11.9 Å². The molecule has 0 aromatic heterocycles. The largest absolute Gasteiger partial charge is 0.484 e. The number of urea groups is 1. The molecule has 1 aliphatic carbocycles. The Morgan fingerprint density at radius 2 is 2.09 bits per heavy atom. The predicted octanol–water partition coefficient (Wildman–Crippen LogP) is 1.27. The topological polar surface area (TPSA) is 79.5 Å². The molecular formula is C16H23N3O3. The van der Waals surface area contributed by atoms with Crippen LogP contribution in [0.1, 0.15) is 18.9 Å². The van der Waals surface area contributed by atoms with Gasteiger partial charge in [0.2, 0.25) is 0 Å². The van der Waals surface area contributed by atoms with Gasteiger partial charge in [0, 0.05) is 20.1 Å². The second-order valence-electron chi connectivity index (χ2n) is 5.65. The van der Waals surface area contributed by atoms with Gasteiger partial charge in [0.25, 0.3) is 5.91 Å². The second kappa shape index (κ2) is 7.68. The molecule has 1 aromatic carbocycles. The number of amides is 3. The van der Waals surface area contributed by atoms with Crippen molar-refractivity contribution in [3.05, 3.63) is 29.8 Å². The summed E-state index contributed by atoms with van der Waals surface area (Å²) >= 11 is 0. The number of nitrogens with one attached hydrogen (secondary N) is 3. The van der Waals surface area contributed by atoms with E-state index in [-0.39, 0.29) is 18.5 Å². The van der Waals surface area contributed by atoms with Crippen molar-refractivity contribution in [3.63, 3.8) is 0 Å². The normalized spacial score (nSPS) is 19.2. The van der Waals surface area contributed by atoms with E-state index in [9.17, 15) is 9.59 Å². The van der Waals surface area contributed by atoms with E-state index in [0.717, 1.165) is 18.0 Å². The highest BCUT2D eigenvalue weighted by Crippen LogP contribution is 2.36. The van der Waals surface area contributed by atoms with Crippen LogP contribution in [-0.2, 0) is 11.3 Å². The molecule has 0 saturated heterocycles. The molecule has 1 fully saturated rings. The molecule has 2 rings (SSSR count). The molecule has 1 saturated carbocycles. The molecule has 120 valence electrons. The SMILES string of the molecule is CNC(=O)COc1cccc(CNC(=O)NC[C@H]2C[C@H]2C)c1. The van der Waals surface area contributed by atoms with Crippen molar-refractivity contribution in [2.45, 2.75) is 19.9 Å². The maximum absolute atomic E-state index is 11.7. The third-order valence-electron chi connectivity index (χ3n) is 3.80. The van der Waals surface area contributed by atoms with Gasteiger partial charge in [-0.15, -0.1) is 0 Å². The molecule has 1 aromatic rings. The van der Waals surface area contributed by atoms with Gasteiger partial charge >= 0.3 is 6.03 Å². The molecule has 3 N–H and O–H groups in total. The van der Waals surface area contributed by atoms with Crippen LogP contribution in [0.3, 0.4) is 0 Å². The van der Waals surface area contributed by atoms with E-state index in [4.69, 9.17) is 4.74 Å². The molecule has 0 radical (unpaired) electrons. The fourth-order valence-corrected chi connectivity index (χ4v) is 2.12. The molecule has 3 amide bonds. The van der Waals surface area contributed by atoms with Gasteiger partial charge in [0.1, 0.15) is 5.75 Å². The summed E-state index contributed by atoms with van der Waals surface area (Å²) in [7, 11) is 1.56. The molecule has 0 aliphatic heterocycles. The van der Waals surface area contributed by atoms with Crippen molar-refractivity contribution in [2.24, 2.45) is 11.8 Å². The van der Waals surface area contributed by atoms with Gasteiger partial charge in [-0.2, -0.15) is 0 Å². The number of likely N-dealkylation sites (N-methyl/N-ethyl adjacent to an activating group) is 1. The van der Waals surface area contributed by atoms with Crippen molar-refractivity contribution < 1.29 is 14.3 Å². The molecule has 6 heteroatoms. The molecular weight excluding hydrogens is 282 g/mol. The summed E-state index contributed by atoms with van der Waals surface area (Å²) in [6.45, 7) is 3.33. The number of hydrogen-bond donors (Lipinski definition) is 3. The Balaban J connectivity index is 1.72. The van der Waals surface area contributed by atoms with E-state index in [0.29, 0.717) is 18.2 Å². The van der Waals surface area contributed by atoms with Crippen molar-refractivity contribution in [1.29, 1.82) is 0 Å². The van der Waals surface area contributed by atoms with E-state index in [1.54, 1.807) is 13.1 Å². The molecule has 22 heavy (non-hydrogen) atoms. The molecule has 0 bridgehead atoms. The first-order valence-electron chi connectivity index (χ1n) is 7.52. The number of rotatable bonds is 7. The van der Waals surface area contributed by atoms with E-state index >= 15 is 0 Å². The molecule has 2 atom stereocenters. The van der Waals surface area contributed by atoms with Crippen LogP contribution in [0, 0.1) is 11.8 Å². The maximum atomic E-state index is 11.7. The van der Waals surface area contributed by atoms with Crippen molar-refractivity contribution in [1.82, 2.24) is 16.0 Å². The quantitative estimate of drug-likeness (QED) is 0.709. The van der Waals surface area contributed by atoms with Crippen LogP contribution in [0.2, 0.25) is 0 Å². The van der Waals surface area contributed by atoms with Gasteiger partial charge < -0.3 is 20.7 Å². The summed E-state index contributed by atoms with van der Waals surface area (Å²) in [5.41, 5.74) is 0.921. The fourth-order valence-electron chi connectivity index (χ4n) is 2.12. The van der Waals surface area contributed by atoms with Crippen LogP contribution >= 0.6 is 0 Å². The van der Waals surface area contributed by atoms with Crippen LogP contribution in [0.15, 0.2) is 24.3 Å². The summed E-state index contributed by atoms with van der Waals surface area (Å²) in [6.07, 6.45) is 1.20. The highest BCUT2D eigenvalue weighted by atomic mass is 16.5. The second-order valence-corrected chi connectivity index (χ2v) is 5.65. The Labute approximate surface area is 130 Å². The maximum Gasteiger partial charge on any atom is 0.315 e. The Kier molecular flexibility index (Phi) is 5.63. The van der Waals surface area contributed by atoms with Gasteiger partial charge in [-0.3, -0.25) is 4.79 Å². The van der Waals surface area contributed by atoms with Crippen LogP contribution in [-0.4, -0.2) is 32.1 Å². The average molecular weight is 305 g/mol. The van der Waals surface area contributed by atoms with Crippen molar-refractivity contribution in [3.8, 4) is 5.75 Å². The summed E-state index contributed by atoms with van der Waals surface area (Å²) in [6, 6.07) is 7.17. The zero-order chi connectivity index (χ0) is 15.9. The van der Waals surface area contributed by atoms with Crippen LogP contribution < -0.4 is 20.7 Å². The first-order valence-corrected chi connectivity index (χ1v) is 7.52. The standard InChI is InChI=1S/C16H23N3O3/c1-11-6-13(11)9-19-16(21)18-8-12-4-3-5-14(7-12)22-10-15(20)17-2/h3-5,7,11,13H,6,8-10H2,1-2H3,(H,17,20)(H2,18,19,21)/t11-,13-/m1/s1. The highest BCUT2D eigenvalue weighted by Gasteiger charge is 2.32. The number of ether oxygens (including phenoxy) is 1.